The van der Waals surface area contributed by atoms with Crippen molar-refractivity contribution in [1.29, 1.82) is 0 Å². The van der Waals surface area contributed by atoms with Gasteiger partial charge in [-0.25, -0.2) is 0 Å². The molecule has 0 radical (unpaired) electrons. The zero-order valence-corrected chi connectivity index (χ0v) is 14.6. The molecule has 3 N–H and O–H groups in total. The van der Waals surface area contributed by atoms with Gasteiger partial charge in [-0.15, -0.1) is 12.4 Å². The zero-order chi connectivity index (χ0) is 15.4. The molecule has 2 atom stereocenters. The fraction of sp³-hybridized carbons (Fsp3) is 0.588. The normalized spacial score (nSPS) is 19.5. The maximum atomic E-state index is 12.3. The maximum absolute atomic E-state index is 12.3. The Kier molecular flexibility index (Phi) is 7.33. The number of carbonyl (C=O) groups excluding carboxylic acids is 1. The molecule has 5 heteroatoms. The van der Waals surface area contributed by atoms with Gasteiger partial charge in [-0.1, -0.05) is 25.1 Å². The van der Waals surface area contributed by atoms with E-state index in [4.69, 9.17) is 5.73 Å². The summed E-state index contributed by atoms with van der Waals surface area (Å²) < 4.78 is 0. The Morgan fingerprint density at radius 1 is 1.50 bits per heavy atom. The fourth-order valence-electron chi connectivity index (χ4n) is 3.02. The number of hydrogen-bond donors (Lipinski definition) is 2. The Labute approximate surface area is 139 Å². The molecule has 1 aromatic carbocycles. The van der Waals surface area contributed by atoms with Gasteiger partial charge in [0, 0.05) is 18.3 Å². The first-order chi connectivity index (χ1) is 10.0. The summed E-state index contributed by atoms with van der Waals surface area (Å²) >= 11 is 0. The second-order valence-corrected chi connectivity index (χ2v) is 6.15. The van der Waals surface area contributed by atoms with Gasteiger partial charge in [0.25, 0.3) is 0 Å². The highest BCUT2D eigenvalue weighted by Gasteiger charge is 2.26. The van der Waals surface area contributed by atoms with Crippen molar-refractivity contribution in [1.82, 2.24) is 4.90 Å². The van der Waals surface area contributed by atoms with Crippen molar-refractivity contribution in [2.45, 2.75) is 39.7 Å². The van der Waals surface area contributed by atoms with Crippen molar-refractivity contribution < 1.29 is 4.79 Å². The number of rotatable bonds is 5. The summed E-state index contributed by atoms with van der Waals surface area (Å²) in [6, 6.07) is 6.36. The minimum atomic E-state index is 0. The summed E-state index contributed by atoms with van der Waals surface area (Å²) in [7, 11) is 0. The SMILES string of the molecule is CCc1cccc(C)c1NC(=O)CN1CCC(C(C)N)C1.Cl. The number of halogens is 1. The Hall–Kier alpha value is -1.10. The van der Waals surface area contributed by atoms with Crippen LogP contribution in [0.3, 0.4) is 0 Å². The summed E-state index contributed by atoms with van der Waals surface area (Å²) in [5.74, 6) is 0.590. The van der Waals surface area contributed by atoms with Gasteiger partial charge < -0.3 is 11.1 Å². The van der Waals surface area contributed by atoms with E-state index in [9.17, 15) is 4.79 Å². The van der Waals surface area contributed by atoms with Crippen molar-refractivity contribution in [3.8, 4) is 0 Å². The molecule has 1 fully saturated rings. The van der Waals surface area contributed by atoms with Crippen molar-refractivity contribution >= 4 is 24.0 Å². The van der Waals surface area contributed by atoms with Gasteiger partial charge in [-0.3, -0.25) is 9.69 Å². The molecule has 4 nitrogen and oxygen atoms in total. The van der Waals surface area contributed by atoms with Crippen LogP contribution in [0.15, 0.2) is 18.2 Å². The van der Waals surface area contributed by atoms with Crippen LogP contribution < -0.4 is 11.1 Å². The summed E-state index contributed by atoms with van der Waals surface area (Å²) in [5.41, 5.74) is 9.24. The molecule has 1 aromatic rings. The van der Waals surface area contributed by atoms with Crippen molar-refractivity contribution in [3.05, 3.63) is 29.3 Å². The molecule has 1 heterocycles. The van der Waals surface area contributed by atoms with Crippen molar-refractivity contribution in [2.24, 2.45) is 11.7 Å². The minimum Gasteiger partial charge on any atom is -0.328 e. The first kappa shape index (κ1) is 18.9. The molecule has 2 rings (SSSR count). The monoisotopic (exact) mass is 325 g/mol. The van der Waals surface area contributed by atoms with E-state index in [0.717, 1.165) is 37.2 Å². The van der Waals surface area contributed by atoms with Crippen LogP contribution in [0, 0.1) is 12.8 Å². The second-order valence-electron chi connectivity index (χ2n) is 6.15. The van der Waals surface area contributed by atoms with Gasteiger partial charge in [0.1, 0.15) is 0 Å². The number of anilines is 1. The molecule has 1 aliphatic rings. The molecule has 0 bridgehead atoms. The third-order valence-corrected chi connectivity index (χ3v) is 4.42. The number of hydrogen-bond acceptors (Lipinski definition) is 3. The molecule has 1 amide bonds. The molecule has 0 aromatic heterocycles. The van der Waals surface area contributed by atoms with Crippen LogP contribution in [0.1, 0.15) is 31.4 Å². The lowest BCUT2D eigenvalue weighted by Gasteiger charge is -2.18. The van der Waals surface area contributed by atoms with E-state index >= 15 is 0 Å². The van der Waals surface area contributed by atoms with Crippen LogP contribution in [0.2, 0.25) is 0 Å². The van der Waals surface area contributed by atoms with E-state index in [-0.39, 0.29) is 24.4 Å². The van der Waals surface area contributed by atoms with E-state index in [1.165, 1.54) is 5.56 Å². The van der Waals surface area contributed by atoms with Crippen molar-refractivity contribution in [2.75, 3.05) is 25.0 Å². The molecule has 0 spiro atoms. The smallest absolute Gasteiger partial charge is 0.238 e. The number of carbonyl (C=O) groups is 1. The average Bonchev–Trinajstić information content (AvgIpc) is 2.89. The van der Waals surface area contributed by atoms with Gasteiger partial charge in [0.05, 0.1) is 6.54 Å². The van der Waals surface area contributed by atoms with E-state index in [1.54, 1.807) is 0 Å². The highest BCUT2D eigenvalue weighted by atomic mass is 35.5. The molecule has 1 saturated heterocycles. The van der Waals surface area contributed by atoms with Crippen LogP contribution in [0.4, 0.5) is 5.69 Å². The number of nitrogens with zero attached hydrogens (tertiary/aromatic N) is 1. The van der Waals surface area contributed by atoms with Gasteiger partial charge in [0.15, 0.2) is 0 Å². The summed E-state index contributed by atoms with van der Waals surface area (Å²) in [6.07, 6.45) is 2.02. The Balaban J connectivity index is 0.00000242. The summed E-state index contributed by atoms with van der Waals surface area (Å²) in [4.78, 5) is 14.5. The van der Waals surface area contributed by atoms with Crippen LogP contribution in [0.5, 0.6) is 0 Å². The highest BCUT2D eigenvalue weighted by Crippen LogP contribution is 2.22. The second kappa shape index (κ2) is 8.51. The molecule has 0 aliphatic carbocycles. The van der Waals surface area contributed by atoms with Crippen molar-refractivity contribution in [3.63, 3.8) is 0 Å². The topological polar surface area (TPSA) is 58.4 Å². The highest BCUT2D eigenvalue weighted by molar-refractivity contribution is 5.93. The summed E-state index contributed by atoms with van der Waals surface area (Å²) in [5, 5.41) is 3.09. The Morgan fingerprint density at radius 3 is 2.82 bits per heavy atom. The van der Waals surface area contributed by atoms with E-state index in [1.807, 2.05) is 19.1 Å². The molecular formula is C17H28ClN3O. The van der Waals surface area contributed by atoms with E-state index in [0.29, 0.717) is 12.5 Å². The maximum Gasteiger partial charge on any atom is 0.238 e. The fourth-order valence-corrected chi connectivity index (χ4v) is 3.02. The minimum absolute atomic E-state index is 0. The largest absolute Gasteiger partial charge is 0.328 e. The first-order valence-electron chi connectivity index (χ1n) is 7.87. The number of amides is 1. The summed E-state index contributed by atoms with van der Waals surface area (Å²) in [6.45, 7) is 8.55. The molecule has 0 saturated carbocycles. The lowest BCUT2D eigenvalue weighted by atomic mass is 10.0. The standard InChI is InChI=1S/C17H27N3O.ClH/c1-4-14-7-5-6-12(2)17(14)19-16(21)11-20-9-8-15(10-20)13(3)18;/h5-7,13,15H,4,8-11,18H2,1-3H3,(H,19,21);1H. The molecule has 1 aliphatic heterocycles. The lowest BCUT2D eigenvalue weighted by Crippen LogP contribution is -2.34. The number of para-hydroxylation sites is 1. The van der Waals surface area contributed by atoms with Crippen LogP contribution in [0.25, 0.3) is 0 Å². The predicted octanol–water partition coefficient (Wildman–Crippen LogP) is 2.59. The zero-order valence-electron chi connectivity index (χ0n) is 13.8. The molecule has 22 heavy (non-hydrogen) atoms. The van der Waals surface area contributed by atoms with E-state index < -0.39 is 0 Å². The van der Waals surface area contributed by atoms with Gasteiger partial charge in [-0.05, 0) is 50.3 Å². The number of nitrogens with one attached hydrogen (secondary N) is 1. The number of aryl methyl sites for hydroxylation is 2. The number of benzene rings is 1. The molecule has 2 unspecified atom stereocenters. The Bertz CT molecular complexity index is 505. The molecular weight excluding hydrogens is 298 g/mol. The van der Waals surface area contributed by atoms with Gasteiger partial charge in [0.2, 0.25) is 5.91 Å². The predicted molar refractivity (Wildman–Crippen MR) is 94.6 cm³/mol. The number of likely N-dealkylation sites (tertiary alicyclic amines) is 1. The van der Waals surface area contributed by atoms with Crippen LogP contribution in [-0.2, 0) is 11.2 Å². The third-order valence-electron chi connectivity index (χ3n) is 4.42. The van der Waals surface area contributed by atoms with E-state index in [2.05, 4.69) is 30.1 Å². The Morgan fingerprint density at radius 2 is 2.23 bits per heavy atom. The quantitative estimate of drug-likeness (QED) is 0.874. The number of nitrogens with two attached hydrogens (primary N) is 1. The van der Waals surface area contributed by atoms with Gasteiger partial charge >= 0.3 is 0 Å². The van der Waals surface area contributed by atoms with Crippen LogP contribution >= 0.6 is 12.4 Å². The third kappa shape index (κ3) is 4.70. The van der Waals surface area contributed by atoms with Crippen LogP contribution in [-0.4, -0.2) is 36.5 Å². The average molecular weight is 326 g/mol. The first-order valence-corrected chi connectivity index (χ1v) is 7.87. The van der Waals surface area contributed by atoms with Gasteiger partial charge in [-0.2, -0.15) is 0 Å². The lowest BCUT2D eigenvalue weighted by molar-refractivity contribution is -0.117. The molecule has 124 valence electrons.